The van der Waals surface area contributed by atoms with Gasteiger partial charge in [-0.15, -0.1) is 0 Å². The van der Waals surface area contributed by atoms with E-state index in [1.165, 1.54) is 5.56 Å². The lowest BCUT2D eigenvalue weighted by molar-refractivity contribution is -0.122. The monoisotopic (exact) mass is 385 g/mol. The van der Waals surface area contributed by atoms with Gasteiger partial charge in [0.2, 0.25) is 5.91 Å². The first-order valence-corrected chi connectivity index (χ1v) is 9.91. The number of rotatable bonds is 6. The maximum absolute atomic E-state index is 12.4. The zero-order valence-electron chi connectivity index (χ0n) is 16.3. The molecule has 146 valence electrons. The van der Waals surface area contributed by atoms with Crippen LogP contribution in [0.4, 0.5) is 0 Å². The van der Waals surface area contributed by atoms with Gasteiger partial charge in [-0.2, -0.15) is 5.10 Å². The highest BCUT2D eigenvalue weighted by molar-refractivity contribution is 5.82. The molecule has 0 saturated heterocycles. The number of carbonyl (C=O) groups is 1. The molecule has 0 radical (unpaired) electrons. The minimum atomic E-state index is 0.0768. The summed E-state index contributed by atoms with van der Waals surface area (Å²) in [5.74, 6) is 0.525. The summed E-state index contributed by atoms with van der Waals surface area (Å²) in [6.45, 7) is 1.34. The van der Waals surface area contributed by atoms with Crippen molar-refractivity contribution in [2.45, 2.75) is 25.4 Å². The number of hydrogen-bond acceptors (Lipinski definition) is 3. The number of nitrogens with one attached hydrogen (secondary N) is 1. The molecule has 1 amide bonds. The van der Waals surface area contributed by atoms with Crippen LogP contribution in [-0.2, 0) is 24.9 Å². The van der Waals surface area contributed by atoms with Gasteiger partial charge >= 0.3 is 0 Å². The summed E-state index contributed by atoms with van der Waals surface area (Å²) in [6, 6.07) is 16.5. The molecule has 5 rings (SSSR count). The Morgan fingerprint density at radius 1 is 1.14 bits per heavy atom. The van der Waals surface area contributed by atoms with Gasteiger partial charge in [0.05, 0.1) is 23.6 Å². The van der Waals surface area contributed by atoms with E-state index in [4.69, 9.17) is 0 Å². The number of imidazole rings is 1. The van der Waals surface area contributed by atoms with Crippen LogP contribution in [-0.4, -0.2) is 25.2 Å². The molecule has 2 atom stereocenters. The summed E-state index contributed by atoms with van der Waals surface area (Å²) < 4.78 is 3.94. The molecule has 1 aliphatic rings. The minimum absolute atomic E-state index is 0.0768. The first kappa shape index (κ1) is 17.7. The number of nitrogens with zero attached hydrogens (tertiary/aromatic N) is 4. The highest BCUT2D eigenvalue weighted by Crippen LogP contribution is 2.47. The molecule has 1 N–H and O–H groups in total. The number of amides is 1. The summed E-state index contributed by atoms with van der Waals surface area (Å²) in [5, 5.41) is 7.27. The van der Waals surface area contributed by atoms with E-state index in [1.807, 2.05) is 44.0 Å². The normalized spacial score (nSPS) is 18.1. The molecule has 0 spiro atoms. The van der Waals surface area contributed by atoms with Crippen molar-refractivity contribution in [3.63, 3.8) is 0 Å². The Morgan fingerprint density at radius 3 is 2.72 bits per heavy atom. The van der Waals surface area contributed by atoms with Crippen molar-refractivity contribution in [3.8, 4) is 0 Å². The van der Waals surface area contributed by atoms with Crippen molar-refractivity contribution in [1.82, 2.24) is 24.6 Å². The van der Waals surface area contributed by atoms with Crippen molar-refractivity contribution in [3.05, 3.63) is 83.9 Å². The summed E-state index contributed by atoms with van der Waals surface area (Å²) in [6.07, 6.45) is 6.66. The third-order valence-electron chi connectivity index (χ3n) is 5.65. The average molecular weight is 385 g/mol. The molecule has 1 aliphatic carbocycles. The van der Waals surface area contributed by atoms with E-state index in [2.05, 4.69) is 50.3 Å². The van der Waals surface area contributed by atoms with Gasteiger partial charge in [-0.1, -0.05) is 36.4 Å². The predicted molar refractivity (Wildman–Crippen MR) is 111 cm³/mol. The van der Waals surface area contributed by atoms with Gasteiger partial charge < -0.3 is 9.88 Å². The first-order valence-electron chi connectivity index (χ1n) is 9.91. The predicted octanol–water partition coefficient (Wildman–Crippen LogP) is 3.24. The lowest BCUT2D eigenvalue weighted by Gasteiger charge is -2.08. The standard InChI is InChI=1S/C23H23N5O/c1-27-14-18(12-26-27)19-10-20(19)23(29)24-11-16-6-8-17(9-7-16)13-28-15-25-21-4-2-3-5-22(21)28/h2-9,12,14-15,19-20H,10-11,13H2,1H3,(H,24,29)/t19-,20+/m0/s1. The highest BCUT2D eigenvalue weighted by Gasteiger charge is 2.44. The average Bonchev–Trinajstić information content (AvgIpc) is 3.27. The lowest BCUT2D eigenvalue weighted by atomic mass is 10.1. The number of hydrogen-bond donors (Lipinski definition) is 1. The third kappa shape index (κ3) is 3.66. The zero-order chi connectivity index (χ0) is 19.8. The summed E-state index contributed by atoms with van der Waals surface area (Å²) >= 11 is 0. The Balaban J connectivity index is 1.16. The summed E-state index contributed by atoms with van der Waals surface area (Å²) in [5.41, 5.74) is 5.62. The molecule has 2 aromatic carbocycles. The molecule has 1 fully saturated rings. The van der Waals surface area contributed by atoms with Crippen molar-refractivity contribution < 1.29 is 4.79 Å². The number of para-hydroxylation sites is 2. The minimum Gasteiger partial charge on any atom is -0.352 e. The molecule has 0 bridgehead atoms. The Labute approximate surface area is 169 Å². The van der Waals surface area contributed by atoms with Crippen LogP contribution in [0.2, 0.25) is 0 Å². The molecule has 0 aliphatic heterocycles. The fourth-order valence-corrected chi connectivity index (χ4v) is 3.90. The van der Waals surface area contributed by atoms with Crippen molar-refractivity contribution in [2.24, 2.45) is 13.0 Å². The van der Waals surface area contributed by atoms with E-state index in [0.29, 0.717) is 12.5 Å². The Hall–Kier alpha value is -3.41. The molecule has 1 saturated carbocycles. The smallest absolute Gasteiger partial charge is 0.224 e. The number of aromatic nitrogens is 4. The molecule has 4 aromatic rings. The molecule has 0 unspecified atom stereocenters. The maximum atomic E-state index is 12.4. The number of aryl methyl sites for hydroxylation is 1. The second kappa shape index (κ2) is 7.20. The molecular weight excluding hydrogens is 362 g/mol. The van der Waals surface area contributed by atoms with Crippen molar-refractivity contribution >= 4 is 16.9 Å². The lowest BCUT2D eigenvalue weighted by Crippen LogP contribution is -2.24. The van der Waals surface area contributed by atoms with Crippen LogP contribution in [0.3, 0.4) is 0 Å². The topological polar surface area (TPSA) is 64.7 Å². The van der Waals surface area contributed by atoms with Crippen LogP contribution in [0.15, 0.2) is 67.3 Å². The SMILES string of the molecule is Cn1cc([C@@H]2C[C@H]2C(=O)NCc2ccc(Cn3cnc4ccccc43)cc2)cn1. The number of carbonyl (C=O) groups excluding carboxylic acids is 1. The molecule has 2 aromatic heterocycles. The molecular formula is C23H23N5O. The number of benzene rings is 2. The van der Waals surface area contributed by atoms with E-state index >= 15 is 0 Å². The zero-order valence-corrected chi connectivity index (χ0v) is 16.3. The Kier molecular flexibility index (Phi) is 4.39. The van der Waals surface area contributed by atoms with Crippen LogP contribution in [0.25, 0.3) is 11.0 Å². The van der Waals surface area contributed by atoms with E-state index in [9.17, 15) is 4.79 Å². The van der Waals surface area contributed by atoms with E-state index in [-0.39, 0.29) is 11.8 Å². The van der Waals surface area contributed by atoms with Crippen LogP contribution < -0.4 is 5.32 Å². The van der Waals surface area contributed by atoms with Gasteiger partial charge in [0.25, 0.3) is 0 Å². The molecule has 6 heteroatoms. The molecule has 6 nitrogen and oxygen atoms in total. The fraction of sp³-hybridized carbons (Fsp3) is 0.261. The van der Waals surface area contributed by atoms with Crippen molar-refractivity contribution in [2.75, 3.05) is 0 Å². The van der Waals surface area contributed by atoms with Crippen LogP contribution >= 0.6 is 0 Å². The first-order chi connectivity index (χ1) is 14.2. The quantitative estimate of drug-likeness (QED) is 0.554. The van der Waals surface area contributed by atoms with Gasteiger partial charge in [0.15, 0.2) is 0 Å². The molecule has 2 heterocycles. The van der Waals surface area contributed by atoms with Crippen LogP contribution in [0.1, 0.15) is 29.0 Å². The van der Waals surface area contributed by atoms with E-state index < -0.39 is 0 Å². The van der Waals surface area contributed by atoms with Crippen LogP contribution in [0, 0.1) is 5.92 Å². The van der Waals surface area contributed by atoms with Gasteiger partial charge in [0.1, 0.15) is 0 Å². The van der Waals surface area contributed by atoms with Crippen molar-refractivity contribution in [1.29, 1.82) is 0 Å². The Morgan fingerprint density at radius 2 is 1.93 bits per heavy atom. The maximum Gasteiger partial charge on any atom is 0.224 e. The summed E-state index contributed by atoms with van der Waals surface area (Å²) in [7, 11) is 1.90. The van der Waals surface area contributed by atoms with Gasteiger partial charge in [-0.05, 0) is 41.2 Å². The summed E-state index contributed by atoms with van der Waals surface area (Å²) in [4.78, 5) is 16.9. The van der Waals surface area contributed by atoms with Crippen LogP contribution in [0.5, 0.6) is 0 Å². The van der Waals surface area contributed by atoms with Gasteiger partial charge in [-0.3, -0.25) is 9.48 Å². The Bertz CT molecular complexity index is 1160. The largest absolute Gasteiger partial charge is 0.352 e. The van der Waals surface area contributed by atoms with E-state index in [0.717, 1.165) is 35.1 Å². The second-order valence-corrected chi connectivity index (χ2v) is 7.79. The second-order valence-electron chi connectivity index (χ2n) is 7.79. The third-order valence-corrected chi connectivity index (χ3v) is 5.65. The molecule has 29 heavy (non-hydrogen) atoms. The highest BCUT2D eigenvalue weighted by atomic mass is 16.2. The van der Waals surface area contributed by atoms with Gasteiger partial charge in [-0.25, -0.2) is 4.98 Å². The van der Waals surface area contributed by atoms with Gasteiger partial charge in [0, 0.05) is 32.3 Å². The van der Waals surface area contributed by atoms with E-state index in [1.54, 1.807) is 4.68 Å². The number of fused-ring (bicyclic) bond motifs is 1. The fourth-order valence-electron chi connectivity index (χ4n) is 3.90.